The quantitative estimate of drug-likeness (QED) is 0.783. The molecule has 1 aromatic carbocycles. The van der Waals surface area contributed by atoms with Gasteiger partial charge in [0.25, 0.3) is 0 Å². The number of rotatable bonds is 4. The zero-order chi connectivity index (χ0) is 11.4. The van der Waals surface area contributed by atoms with Gasteiger partial charge in [-0.15, -0.1) is 0 Å². The third kappa shape index (κ3) is 2.86. The zero-order valence-corrected chi connectivity index (χ0v) is 9.83. The van der Waals surface area contributed by atoms with Crippen LogP contribution in [0.4, 0.5) is 0 Å². The van der Waals surface area contributed by atoms with E-state index < -0.39 is 0 Å². The van der Waals surface area contributed by atoms with E-state index in [1.165, 1.54) is 12.0 Å². The van der Waals surface area contributed by atoms with E-state index in [4.69, 9.17) is 4.74 Å². The van der Waals surface area contributed by atoms with Gasteiger partial charge in [0.05, 0.1) is 0 Å². The van der Waals surface area contributed by atoms with Crippen LogP contribution in [0.2, 0.25) is 0 Å². The molecule has 0 aliphatic carbocycles. The number of hydrogen-bond acceptors (Lipinski definition) is 2. The van der Waals surface area contributed by atoms with Crippen LogP contribution in [0.3, 0.4) is 0 Å². The molecule has 1 aliphatic heterocycles. The van der Waals surface area contributed by atoms with Crippen molar-refractivity contribution in [3.63, 3.8) is 0 Å². The predicted molar refractivity (Wildman–Crippen MR) is 67.0 cm³/mol. The van der Waals surface area contributed by atoms with Gasteiger partial charge in [-0.2, -0.15) is 0 Å². The minimum atomic E-state index is 0.604. The van der Waals surface area contributed by atoms with Gasteiger partial charge in [0, 0.05) is 6.54 Å². The number of ether oxygens (including phenoxy) is 1. The first kappa shape index (κ1) is 11.2. The molecule has 16 heavy (non-hydrogen) atoms. The fourth-order valence-corrected chi connectivity index (χ4v) is 2.00. The lowest BCUT2D eigenvalue weighted by molar-refractivity contribution is 0.352. The maximum atomic E-state index is 5.65. The average Bonchev–Trinajstić information content (AvgIpc) is 2.80. The molecule has 1 saturated heterocycles. The van der Waals surface area contributed by atoms with Gasteiger partial charge in [-0.1, -0.05) is 18.7 Å². The molecular formula is C14H19NO. The minimum absolute atomic E-state index is 0.604. The van der Waals surface area contributed by atoms with Crippen molar-refractivity contribution in [2.24, 2.45) is 0 Å². The van der Waals surface area contributed by atoms with E-state index in [2.05, 4.69) is 30.1 Å². The van der Waals surface area contributed by atoms with Crippen LogP contribution in [0.1, 0.15) is 24.8 Å². The first-order valence-corrected chi connectivity index (χ1v) is 5.83. The standard InChI is InChI=1S/C14H19NO/c1-11(2)10-16-14-5-3-4-12(8-14)13-6-7-15-9-13/h3-5,8,13,15H,1,6-7,9-10H2,2H3. The van der Waals surface area contributed by atoms with Gasteiger partial charge in [-0.3, -0.25) is 0 Å². The average molecular weight is 217 g/mol. The highest BCUT2D eigenvalue weighted by atomic mass is 16.5. The van der Waals surface area contributed by atoms with E-state index in [9.17, 15) is 0 Å². The van der Waals surface area contributed by atoms with E-state index in [-0.39, 0.29) is 0 Å². The van der Waals surface area contributed by atoms with Gasteiger partial charge in [0.1, 0.15) is 12.4 Å². The highest BCUT2D eigenvalue weighted by Gasteiger charge is 2.16. The molecule has 2 nitrogen and oxygen atoms in total. The molecule has 0 saturated carbocycles. The van der Waals surface area contributed by atoms with Crippen molar-refractivity contribution in [2.75, 3.05) is 19.7 Å². The van der Waals surface area contributed by atoms with Gasteiger partial charge in [-0.05, 0) is 49.1 Å². The molecule has 2 heteroatoms. The van der Waals surface area contributed by atoms with Crippen molar-refractivity contribution >= 4 is 0 Å². The maximum absolute atomic E-state index is 5.65. The van der Waals surface area contributed by atoms with Crippen molar-refractivity contribution in [3.8, 4) is 5.75 Å². The molecule has 0 bridgehead atoms. The number of hydrogen-bond donors (Lipinski definition) is 1. The summed E-state index contributed by atoms with van der Waals surface area (Å²) in [6.07, 6.45) is 1.23. The van der Waals surface area contributed by atoms with E-state index in [0.29, 0.717) is 12.5 Å². The van der Waals surface area contributed by atoms with Gasteiger partial charge in [-0.25, -0.2) is 0 Å². The summed E-state index contributed by atoms with van der Waals surface area (Å²) in [5, 5.41) is 3.39. The second-order valence-electron chi connectivity index (χ2n) is 4.51. The van der Waals surface area contributed by atoms with Crippen molar-refractivity contribution in [2.45, 2.75) is 19.3 Å². The third-order valence-corrected chi connectivity index (χ3v) is 2.88. The molecule has 1 aromatic rings. The molecule has 1 fully saturated rings. The Morgan fingerprint density at radius 2 is 2.44 bits per heavy atom. The first-order chi connectivity index (χ1) is 7.75. The largest absolute Gasteiger partial charge is 0.489 e. The van der Waals surface area contributed by atoms with Gasteiger partial charge < -0.3 is 10.1 Å². The molecule has 0 radical (unpaired) electrons. The van der Waals surface area contributed by atoms with Crippen LogP contribution < -0.4 is 10.1 Å². The van der Waals surface area contributed by atoms with Crippen molar-refractivity contribution < 1.29 is 4.74 Å². The Bertz CT molecular complexity index is 367. The van der Waals surface area contributed by atoms with Crippen molar-refractivity contribution in [3.05, 3.63) is 42.0 Å². The highest BCUT2D eigenvalue weighted by molar-refractivity contribution is 5.31. The minimum Gasteiger partial charge on any atom is -0.489 e. The Hall–Kier alpha value is -1.28. The maximum Gasteiger partial charge on any atom is 0.120 e. The fourth-order valence-electron chi connectivity index (χ4n) is 2.00. The summed E-state index contributed by atoms with van der Waals surface area (Å²) >= 11 is 0. The monoisotopic (exact) mass is 217 g/mol. The van der Waals surface area contributed by atoms with Crippen LogP contribution >= 0.6 is 0 Å². The Kier molecular flexibility index (Phi) is 3.62. The molecule has 2 rings (SSSR count). The molecule has 1 atom stereocenters. The Morgan fingerprint density at radius 1 is 1.56 bits per heavy atom. The number of nitrogens with one attached hydrogen (secondary N) is 1. The van der Waals surface area contributed by atoms with Crippen LogP contribution in [0.5, 0.6) is 5.75 Å². The smallest absolute Gasteiger partial charge is 0.120 e. The summed E-state index contributed by atoms with van der Waals surface area (Å²) < 4.78 is 5.65. The summed E-state index contributed by atoms with van der Waals surface area (Å²) in [6.45, 7) is 8.63. The fraction of sp³-hybridized carbons (Fsp3) is 0.429. The SMILES string of the molecule is C=C(C)COc1cccc(C2CCNC2)c1. The predicted octanol–water partition coefficient (Wildman–Crippen LogP) is 2.72. The lowest BCUT2D eigenvalue weighted by Gasteiger charge is -2.11. The molecule has 0 aromatic heterocycles. The molecule has 0 amide bonds. The second kappa shape index (κ2) is 5.17. The molecule has 0 spiro atoms. The van der Waals surface area contributed by atoms with Gasteiger partial charge in [0.15, 0.2) is 0 Å². The van der Waals surface area contributed by atoms with Crippen LogP contribution in [0.15, 0.2) is 36.4 Å². The van der Waals surface area contributed by atoms with Crippen LogP contribution in [-0.4, -0.2) is 19.7 Å². The van der Waals surface area contributed by atoms with Gasteiger partial charge in [0.2, 0.25) is 0 Å². The second-order valence-corrected chi connectivity index (χ2v) is 4.51. The lowest BCUT2D eigenvalue weighted by Crippen LogP contribution is -2.08. The van der Waals surface area contributed by atoms with E-state index in [0.717, 1.165) is 24.4 Å². The van der Waals surface area contributed by atoms with E-state index >= 15 is 0 Å². The summed E-state index contributed by atoms with van der Waals surface area (Å²) in [6, 6.07) is 8.42. The van der Waals surface area contributed by atoms with E-state index in [1.54, 1.807) is 0 Å². The Balaban J connectivity index is 2.03. The molecular weight excluding hydrogens is 198 g/mol. The molecule has 1 aliphatic rings. The Morgan fingerprint density at radius 3 is 3.12 bits per heavy atom. The molecule has 1 unspecified atom stereocenters. The Labute approximate surface area is 97.3 Å². The zero-order valence-electron chi connectivity index (χ0n) is 9.83. The lowest BCUT2D eigenvalue weighted by atomic mass is 9.98. The van der Waals surface area contributed by atoms with Crippen LogP contribution in [-0.2, 0) is 0 Å². The third-order valence-electron chi connectivity index (χ3n) is 2.88. The molecule has 86 valence electrons. The molecule has 1 heterocycles. The number of benzene rings is 1. The summed E-state index contributed by atoms with van der Waals surface area (Å²) in [7, 11) is 0. The van der Waals surface area contributed by atoms with Crippen LogP contribution in [0, 0.1) is 0 Å². The summed E-state index contributed by atoms with van der Waals surface area (Å²) in [5.41, 5.74) is 2.43. The van der Waals surface area contributed by atoms with Crippen molar-refractivity contribution in [1.82, 2.24) is 5.32 Å². The van der Waals surface area contributed by atoms with Crippen LogP contribution in [0.25, 0.3) is 0 Å². The van der Waals surface area contributed by atoms with Crippen molar-refractivity contribution in [1.29, 1.82) is 0 Å². The van der Waals surface area contributed by atoms with Gasteiger partial charge >= 0.3 is 0 Å². The van der Waals surface area contributed by atoms with E-state index in [1.807, 2.05) is 13.0 Å². The summed E-state index contributed by atoms with van der Waals surface area (Å²) in [5.74, 6) is 1.60. The molecule has 1 N–H and O–H groups in total. The summed E-state index contributed by atoms with van der Waals surface area (Å²) in [4.78, 5) is 0. The first-order valence-electron chi connectivity index (χ1n) is 5.83. The normalized spacial score (nSPS) is 19.7. The highest BCUT2D eigenvalue weighted by Crippen LogP contribution is 2.25. The topological polar surface area (TPSA) is 21.3 Å².